The number of aromatic amines is 1. The number of rotatable bonds is 4. The molecule has 3 rings (SSSR count). The summed E-state index contributed by atoms with van der Waals surface area (Å²) in [6.07, 6.45) is 1.56. The highest BCUT2D eigenvalue weighted by Crippen LogP contribution is 2.27. The molecule has 3 aromatic rings. The third-order valence-electron chi connectivity index (χ3n) is 3.22. The first-order valence-electron chi connectivity index (χ1n) is 7.03. The van der Waals surface area contributed by atoms with E-state index in [0.717, 1.165) is 11.1 Å². The van der Waals surface area contributed by atoms with Crippen LogP contribution < -0.4 is 5.43 Å². The Labute approximate surface area is 148 Å². The van der Waals surface area contributed by atoms with E-state index in [1.165, 1.54) is 0 Å². The molecule has 24 heavy (non-hydrogen) atoms. The van der Waals surface area contributed by atoms with Crippen LogP contribution in [0.15, 0.2) is 59.7 Å². The van der Waals surface area contributed by atoms with Gasteiger partial charge in [-0.1, -0.05) is 59.6 Å². The molecular formula is C17H12Cl2N4O. The van der Waals surface area contributed by atoms with Gasteiger partial charge in [0.2, 0.25) is 0 Å². The number of carbonyl (C=O) groups is 1. The molecule has 0 aliphatic heterocycles. The third kappa shape index (κ3) is 3.82. The predicted molar refractivity (Wildman–Crippen MR) is 95.5 cm³/mol. The number of hydrogen-bond donors (Lipinski definition) is 2. The van der Waals surface area contributed by atoms with Crippen molar-refractivity contribution in [1.29, 1.82) is 0 Å². The Bertz CT molecular complexity index is 891. The van der Waals surface area contributed by atoms with E-state index in [1.807, 2.05) is 30.3 Å². The predicted octanol–water partition coefficient (Wildman–Crippen LogP) is 4.15. The van der Waals surface area contributed by atoms with E-state index < -0.39 is 0 Å². The zero-order chi connectivity index (χ0) is 16.9. The van der Waals surface area contributed by atoms with Gasteiger partial charge in [-0.15, -0.1) is 0 Å². The van der Waals surface area contributed by atoms with E-state index in [4.69, 9.17) is 23.2 Å². The van der Waals surface area contributed by atoms with Gasteiger partial charge in [0.1, 0.15) is 5.69 Å². The van der Waals surface area contributed by atoms with Crippen molar-refractivity contribution in [2.45, 2.75) is 0 Å². The Hall–Kier alpha value is -2.63. The van der Waals surface area contributed by atoms with Crippen LogP contribution in [0.2, 0.25) is 10.0 Å². The Morgan fingerprint density at radius 2 is 1.88 bits per heavy atom. The van der Waals surface area contributed by atoms with Gasteiger partial charge in [0.05, 0.1) is 22.0 Å². The minimum Gasteiger partial charge on any atom is -0.272 e. The fourth-order valence-corrected chi connectivity index (χ4v) is 2.30. The summed E-state index contributed by atoms with van der Waals surface area (Å²) in [6, 6.07) is 16.2. The lowest BCUT2D eigenvalue weighted by atomic mass is 10.1. The highest BCUT2D eigenvalue weighted by atomic mass is 35.5. The first-order valence-corrected chi connectivity index (χ1v) is 7.78. The summed E-state index contributed by atoms with van der Waals surface area (Å²) in [4.78, 5) is 12.1. The Morgan fingerprint density at radius 3 is 2.62 bits per heavy atom. The summed E-state index contributed by atoms with van der Waals surface area (Å²) in [5, 5.41) is 11.6. The van der Waals surface area contributed by atoms with Gasteiger partial charge in [0, 0.05) is 5.56 Å². The summed E-state index contributed by atoms with van der Waals surface area (Å²) in [7, 11) is 0. The van der Waals surface area contributed by atoms with Crippen molar-refractivity contribution in [1.82, 2.24) is 15.6 Å². The summed E-state index contributed by atoms with van der Waals surface area (Å²) in [5.74, 6) is -0.388. The van der Waals surface area contributed by atoms with Crippen LogP contribution in [-0.2, 0) is 0 Å². The molecule has 7 heteroatoms. The summed E-state index contributed by atoms with van der Waals surface area (Å²) < 4.78 is 0. The maximum absolute atomic E-state index is 12.1. The zero-order valence-electron chi connectivity index (χ0n) is 12.3. The number of nitrogens with one attached hydrogen (secondary N) is 2. The molecule has 0 atom stereocenters. The van der Waals surface area contributed by atoms with E-state index in [2.05, 4.69) is 20.7 Å². The average molecular weight is 359 g/mol. The van der Waals surface area contributed by atoms with Gasteiger partial charge >= 0.3 is 0 Å². The van der Waals surface area contributed by atoms with Crippen LogP contribution in [0.3, 0.4) is 0 Å². The van der Waals surface area contributed by atoms with Crippen molar-refractivity contribution in [3.05, 3.63) is 75.9 Å². The first-order chi connectivity index (χ1) is 11.6. The molecule has 5 nitrogen and oxygen atoms in total. The molecule has 0 spiro atoms. The van der Waals surface area contributed by atoms with Crippen molar-refractivity contribution >= 4 is 35.3 Å². The Balaban J connectivity index is 1.69. The van der Waals surface area contributed by atoms with Crippen LogP contribution >= 0.6 is 23.2 Å². The number of carbonyl (C=O) groups excluding carboxylic acids is 1. The number of benzene rings is 2. The van der Waals surface area contributed by atoms with Crippen molar-refractivity contribution in [3.8, 4) is 11.3 Å². The van der Waals surface area contributed by atoms with Gasteiger partial charge in [0.25, 0.3) is 5.91 Å². The number of amides is 1. The fourth-order valence-electron chi connectivity index (χ4n) is 2.01. The molecule has 0 saturated heterocycles. The molecular weight excluding hydrogens is 347 g/mol. The molecule has 1 aromatic heterocycles. The van der Waals surface area contributed by atoms with Crippen molar-refractivity contribution < 1.29 is 4.79 Å². The number of hydrazone groups is 1. The highest BCUT2D eigenvalue weighted by Gasteiger charge is 2.11. The van der Waals surface area contributed by atoms with Crippen LogP contribution in [0.25, 0.3) is 11.3 Å². The molecule has 1 amide bonds. The highest BCUT2D eigenvalue weighted by molar-refractivity contribution is 6.42. The van der Waals surface area contributed by atoms with Crippen LogP contribution in [0.5, 0.6) is 0 Å². The van der Waals surface area contributed by atoms with Gasteiger partial charge < -0.3 is 0 Å². The second-order valence-electron chi connectivity index (χ2n) is 4.91. The lowest BCUT2D eigenvalue weighted by Gasteiger charge is -1.98. The molecule has 0 aliphatic carbocycles. The molecule has 1 heterocycles. The lowest BCUT2D eigenvalue weighted by Crippen LogP contribution is -2.17. The zero-order valence-corrected chi connectivity index (χ0v) is 13.8. The minimum absolute atomic E-state index is 0.293. The fraction of sp³-hybridized carbons (Fsp3) is 0. The van der Waals surface area contributed by atoms with Gasteiger partial charge in [-0.2, -0.15) is 10.2 Å². The SMILES string of the molecule is O=C(NN=Cc1ccccc1)c1cc(-c2ccc(Cl)c(Cl)c2)n[nH]1. The molecule has 120 valence electrons. The van der Waals surface area contributed by atoms with Crippen molar-refractivity contribution in [3.63, 3.8) is 0 Å². The number of H-pyrrole nitrogens is 1. The molecule has 0 aliphatic rings. The maximum atomic E-state index is 12.1. The van der Waals surface area contributed by atoms with Crippen LogP contribution in [0.4, 0.5) is 0 Å². The normalized spacial score (nSPS) is 10.9. The molecule has 2 N–H and O–H groups in total. The van der Waals surface area contributed by atoms with E-state index in [1.54, 1.807) is 30.5 Å². The number of nitrogens with zero attached hydrogens (tertiary/aromatic N) is 2. The number of hydrogen-bond acceptors (Lipinski definition) is 3. The summed E-state index contributed by atoms with van der Waals surface area (Å²) >= 11 is 11.9. The largest absolute Gasteiger partial charge is 0.289 e. The van der Waals surface area contributed by atoms with E-state index >= 15 is 0 Å². The minimum atomic E-state index is -0.388. The van der Waals surface area contributed by atoms with Crippen molar-refractivity contribution in [2.24, 2.45) is 5.10 Å². The Kier molecular flexibility index (Phi) is 4.93. The van der Waals surface area contributed by atoms with Gasteiger partial charge in [-0.25, -0.2) is 5.43 Å². The molecule has 2 aromatic carbocycles. The third-order valence-corrected chi connectivity index (χ3v) is 3.96. The van der Waals surface area contributed by atoms with Gasteiger partial charge in [-0.3, -0.25) is 9.89 Å². The maximum Gasteiger partial charge on any atom is 0.289 e. The van der Waals surface area contributed by atoms with E-state index in [-0.39, 0.29) is 5.91 Å². The molecule has 0 saturated carbocycles. The van der Waals surface area contributed by atoms with Gasteiger partial charge in [0.15, 0.2) is 0 Å². The topological polar surface area (TPSA) is 70.1 Å². The monoisotopic (exact) mass is 358 g/mol. The van der Waals surface area contributed by atoms with Crippen molar-refractivity contribution in [2.75, 3.05) is 0 Å². The van der Waals surface area contributed by atoms with Gasteiger partial charge in [-0.05, 0) is 23.8 Å². The smallest absolute Gasteiger partial charge is 0.272 e. The molecule has 0 fully saturated rings. The molecule has 0 unspecified atom stereocenters. The van der Waals surface area contributed by atoms with E-state index in [0.29, 0.717) is 21.4 Å². The van der Waals surface area contributed by atoms with Crippen LogP contribution in [-0.4, -0.2) is 22.3 Å². The second-order valence-corrected chi connectivity index (χ2v) is 5.72. The first kappa shape index (κ1) is 16.2. The number of halogens is 2. The second kappa shape index (κ2) is 7.29. The van der Waals surface area contributed by atoms with Crippen LogP contribution in [0, 0.1) is 0 Å². The summed E-state index contributed by atoms with van der Waals surface area (Å²) in [5.41, 5.74) is 4.97. The van der Waals surface area contributed by atoms with E-state index in [9.17, 15) is 4.79 Å². The summed E-state index contributed by atoms with van der Waals surface area (Å²) in [6.45, 7) is 0. The van der Waals surface area contributed by atoms with Crippen LogP contribution in [0.1, 0.15) is 16.1 Å². The molecule has 0 radical (unpaired) electrons. The number of aromatic nitrogens is 2. The quantitative estimate of drug-likeness (QED) is 0.543. The average Bonchev–Trinajstić information content (AvgIpc) is 3.08. The lowest BCUT2D eigenvalue weighted by molar-refractivity contribution is 0.0950. The standard InChI is InChI=1S/C17H12Cl2N4O/c18-13-7-6-12(8-14(13)19)15-9-16(22-21-15)17(24)23-20-10-11-4-2-1-3-5-11/h1-10H,(H,21,22)(H,23,24). The molecule has 0 bridgehead atoms. The Morgan fingerprint density at radius 1 is 1.08 bits per heavy atom.